The second-order valence-corrected chi connectivity index (χ2v) is 10.6. The van der Waals surface area contributed by atoms with Crippen molar-refractivity contribution < 1.29 is 14.3 Å². The zero-order valence-corrected chi connectivity index (χ0v) is 21.6. The van der Waals surface area contributed by atoms with Crippen molar-refractivity contribution in [2.75, 3.05) is 10.6 Å². The highest BCUT2D eigenvalue weighted by atomic mass is 35.5. The molecule has 1 aliphatic carbocycles. The van der Waals surface area contributed by atoms with Crippen LogP contribution in [0.15, 0.2) is 84.9 Å². The fraction of sp³-hybridized carbons (Fsp3) is 0.219. The Labute approximate surface area is 226 Å². The molecule has 2 heterocycles. The summed E-state index contributed by atoms with van der Waals surface area (Å²) in [6, 6.07) is 27.6. The Balaban J connectivity index is 1.40. The number of para-hydroxylation sites is 1. The molecular formula is C32H27ClN2O3. The van der Waals surface area contributed by atoms with Gasteiger partial charge in [-0.05, 0) is 55.3 Å². The molecule has 4 aromatic rings. The third-order valence-electron chi connectivity index (χ3n) is 7.85. The number of ether oxygens (including phenoxy) is 2. The summed E-state index contributed by atoms with van der Waals surface area (Å²) in [5, 5.41) is 7.77. The molecule has 1 atom stereocenters. The van der Waals surface area contributed by atoms with Gasteiger partial charge in [-0.2, -0.15) is 0 Å². The van der Waals surface area contributed by atoms with Crippen molar-refractivity contribution in [1.29, 1.82) is 0 Å². The van der Waals surface area contributed by atoms with E-state index in [9.17, 15) is 4.79 Å². The number of carbonyl (C=O) groups is 1. The van der Waals surface area contributed by atoms with Crippen molar-refractivity contribution in [2.45, 2.75) is 43.7 Å². The number of esters is 1. The van der Waals surface area contributed by atoms with Gasteiger partial charge in [0.05, 0.1) is 27.5 Å². The van der Waals surface area contributed by atoms with Gasteiger partial charge in [0.1, 0.15) is 11.5 Å². The van der Waals surface area contributed by atoms with Crippen molar-refractivity contribution in [3.8, 4) is 11.5 Å². The number of rotatable bonds is 4. The lowest BCUT2D eigenvalue weighted by atomic mass is 9.77. The Morgan fingerprint density at radius 2 is 1.58 bits per heavy atom. The van der Waals surface area contributed by atoms with Crippen LogP contribution in [-0.2, 0) is 10.3 Å². The Morgan fingerprint density at radius 3 is 2.45 bits per heavy atom. The molecule has 1 saturated carbocycles. The number of hydrogen-bond donors (Lipinski definition) is 2. The van der Waals surface area contributed by atoms with Crippen LogP contribution in [0.4, 0.5) is 17.1 Å². The molecule has 2 aliphatic heterocycles. The van der Waals surface area contributed by atoms with Crippen LogP contribution in [0.3, 0.4) is 0 Å². The fourth-order valence-corrected chi connectivity index (χ4v) is 6.30. The van der Waals surface area contributed by atoms with E-state index in [1.165, 1.54) is 32.1 Å². The third kappa shape index (κ3) is 3.64. The van der Waals surface area contributed by atoms with Crippen molar-refractivity contribution in [1.82, 2.24) is 0 Å². The first-order valence-electron chi connectivity index (χ1n) is 13.2. The van der Waals surface area contributed by atoms with Gasteiger partial charge < -0.3 is 20.1 Å². The van der Waals surface area contributed by atoms with Gasteiger partial charge in [0, 0.05) is 28.9 Å². The Kier molecular flexibility index (Phi) is 5.55. The van der Waals surface area contributed by atoms with Gasteiger partial charge in [0.25, 0.3) is 0 Å². The molecule has 4 aromatic carbocycles. The first-order valence-corrected chi connectivity index (χ1v) is 13.6. The summed E-state index contributed by atoms with van der Waals surface area (Å²) in [4.78, 5) is 13.3. The lowest BCUT2D eigenvalue weighted by Crippen LogP contribution is -2.34. The number of hydrogen-bond acceptors (Lipinski definition) is 5. The molecule has 0 bridgehead atoms. The molecule has 1 fully saturated rings. The van der Waals surface area contributed by atoms with E-state index in [0.29, 0.717) is 28.1 Å². The molecule has 2 N–H and O–H groups in total. The van der Waals surface area contributed by atoms with Crippen LogP contribution in [0.2, 0.25) is 5.02 Å². The molecule has 1 unspecified atom stereocenters. The molecule has 7 rings (SSSR count). The number of fused-ring (bicyclic) bond motifs is 6. The Hall–Kier alpha value is -3.96. The largest absolute Gasteiger partial charge is 0.456 e. The lowest BCUT2D eigenvalue weighted by molar-refractivity contribution is 0.0227. The van der Waals surface area contributed by atoms with Gasteiger partial charge in [-0.25, -0.2) is 4.79 Å². The van der Waals surface area contributed by atoms with Gasteiger partial charge in [-0.3, -0.25) is 0 Å². The number of anilines is 3. The van der Waals surface area contributed by atoms with Crippen LogP contribution in [-0.4, -0.2) is 12.0 Å². The Bertz CT molecular complexity index is 1560. The average Bonchev–Trinajstić information content (AvgIpc) is 3.23. The minimum Gasteiger partial charge on any atom is -0.456 e. The number of nitrogens with one attached hydrogen (secondary N) is 2. The van der Waals surface area contributed by atoms with E-state index in [1.807, 2.05) is 78.9 Å². The van der Waals surface area contributed by atoms with Crippen molar-refractivity contribution in [3.63, 3.8) is 0 Å². The number of benzene rings is 4. The summed E-state index contributed by atoms with van der Waals surface area (Å²) in [6.07, 6.45) is 6.16. The molecule has 190 valence electrons. The van der Waals surface area contributed by atoms with Crippen molar-refractivity contribution in [2.24, 2.45) is 0 Å². The molecule has 5 nitrogen and oxygen atoms in total. The topological polar surface area (TPSA) is 59.6 Å². The molecule has 0 radical (unpaired) electrons. The molecular weight excluding hydrogens is 496 g/mol. The SMILES string of the molecule is O=C1OC2(c3ccc(NC4CCCCC4)cc3Oc3cccc(Nc4ccccc4Cl)c32)c2ccccc21. The maximum Gasteiger partial charge on any atom is 0.340 e. The van der Waals surface area contributed by atoms with E-state index < -0.39 is 5.60 Å². The van der Waals surface area contributed by atoms with Gasteiger partial charge in [-0.15, -0.1) is 0 Å². The monoisotopic (exact) mass is 522 g/mol. The third-order valence-corrected chi connectivity index (χ3v) is 8.18. The predicted octanol–water partition coefficient (Wildman–Crippen LogP) is 8.40. The number of halogens is 1. The van der Waals surface area contributed by atoms with Gasteiger partial charge in [-0.1, -0.05) is 67.3 Å². The van der Waals surface area contributed by atoms with Crippen LogP contribution in [0.25, 0.3) is 0 Å². The van der Waals surface area contributed by atoms with E-state index in [-0.39, 0.29) is 5.97 Å². The van der Waals surface area contributed by atoms with E-state index in [2.05, 4.69) is 16.7 Å². The molecule has 3 aliphatic rings. The van der Waals surface area contributed by atoms with Crippen molar-refractivity contribution >= 4 is 34.6 Å². The Morgan fingerprint density at radius 1 is 0.789 bits per heavy atom. The second-order valence-electron chi connectivity index (χ2n) is 10.2. The van der Waals surface area contributed by atoms with E-state index in [1.54, 1.807) is 0 Å². The highest BCUT2D eigenvalue weighted by Crippen LogP contribution is 2.58. The average molecular weight is 523 g/mol. The summed E-state index contributed by atoms with van der Waals surface area (Å²) < 4.78 is 12.9. The molecule has 6 heteroatoms. The van der Waals surface area contributed by atoms with Crippen LogP contribution in [0, 0.1) is 0 Å². The first kappa shape index (κ1) is 23.2. The fourth-order valence-electron chi connectivity index (χ4n) is 6.12. The number of carbonyl (C=O) groups excluding carboxylic acids is 1. The molecule has 0 amide bonds. The predicted molar refractivity (Wildman–Crippen MR) is 150 cm³/mol. The summed E-state index contributed by atoms with van der Waals surface area (Å²) in [5.41, 5.74) is 4.27. The van der Waals surface area contributed by atoms with Crippen LogP contribution >= 0.6 is 11.6 Å². The van der Waals surface area contributed by atoms with Crippen LogP contribution in [0.5, 0.6) is 11.5 Å². The van der Waals surface area contributed by atoms with E-state index in [4.69, 9.17) is 21.1 Å². The highest BCUT2D eigenvalue weighted by molar-refractivity contribution is 6.33. The minimum absolute atomic E-state index is 0.351. The van der Waals surface area contributed by atoms with Crippen molar-refractivity contribution in [3.05, 3.63) is 112 Å². The lowest BCUT2D eigenvalue weighted by Gasteiger charge is -2.38. The summed E-state index contributed by atoms with van der Waals surface area (Å²) in [5.74, 6) is 0.961. The summed E-state index contributed by atoms with van der Waals surface area (Å²) in [7, 11) is 0. The maximum absolute atomic E-state index is 13.3. The quantitative estimate of drug-likeness (QED) is 0.263. The van der Waals surface area contributed by atoms with E-state index in [0.717, 1.165) is 33.8 Å². The maximum atomic E-state index is 13.3. The smallest absolute Gasteiger partial charge is 0.340 e. The molecule has 0 saturated heterocycles. The van der Waals surface area contributed by atoms with Crippen LogP contribution in [0.1, 0.15) is 59.2 Å². The van der Waals surface area contributed by atoms with E-state index >= 15 is 0 Å². The first-order chi connectivity index (χ1) is 18.6. The molecule has 0 aromatic heterocycles. The molecule has 38 heavy (non-hydrogen) atoms. The second kappa shape index (κ2) is 9.10. The minimum atomic E-state index is -1.16. The standard InChI is InChI=1S/C32H27ClN2O3/c33-25-13-6-7-14-26(25)35-27-15-8-16-28-30(27)32(23-12-5-4-11-22(23)31(36)38-32)24-18-17-21(19-29(24)37-28)34-20-9-2-1-3-10-20/h4-8,11-20,34-35H,1-3,9-10H2. The van der Waals surface area contributed by atoms with Gasteiger partial charge >= 0.3 is 5.97 Å². The zero-order chi connectivity index (χ0) is 25.7. The van der Waals surface area contributed by atoms with Crippen LogP contribution < -0.4 is 15.4 Å². The molecule has 1 spiro atoms. The summed E-state index contributed by atoms with van der Waals surface area (Å²) >= 11 is 6.51. The van der Waals surface area contributed by atoms with Gasteiger partial charge in [0.2, 0.25) is 0 Å². The summed E-state index contributed by atoms with van der Waals surface area (Å²) in [6.45, 7) is 0. The highest BCUT2D eigenvalue weighted by Gasteiger charge is 2.54. The normalized spacial score (nSPS) is 19.7. The zero-order valence-electron chi connectivity index (χ0n) is 20.8. The van der Waals surface area contributed by atoms with Gasteiger partial charge in [0.15, 0.2) is 5.60 Å².